The third-order valence-electron chi connectivity index (χ3n) is 3.19. The number of Topliss-reactive ketones (excluding diaryl/α,β-unsaturated/α-hetero) is 1. The largest absolute Gasteiger partial charge is 0.300 e. The van der Waals surface area contributed by atoms with Crippen LogP contribution in [0.25, 0.3) is 29.7 Å². The Balaban J connectivity index is 2.60. The molecule has 0 amide bonds. The number of allylic oxidation sites excluding steroid dienone is 3. The molecule has 5 heteroatoms. The van der Waals surface area contributed by atoms with E-state index in [9.17, 15) is 9.18 Å². The van der Waals surface area contributed by atoms with Crippen LogP contribution in [0.2, 0.25) is 0 Å². The molecule has 118 valence electrons. The first-order chi connectivity index (χ1) is 11.0. The van der Waals surface area contributed by atoms with Gasteiger partial charge in [-0.15, -0.1) is 0 Å². The lowest BCUT2D eigenvalue weighted by molar-refractivity contribution is 0.101. The van der Waals surface area contributed by atoms with Crippen molar-refractivity contribution in [1.82, 2.24) is 9.55 Å². The maximum Gasteiger partial charge on any atom is 0.180 e. The van der Waals surface area contributed by atoms with Gasteiger partial charge in [-0.25, -0.2) is 9.37 Å². The maximum absolute atomic E-state index is 12.8. The Morgan fingerprint density at radius 1 is 1.35 bits per heavy atom. The quantitative estimate of drug-likeness (QED) is 0.522. The Kier molecular flexibility index (Phi) is 5.24. The fourth-order valence-electron chi connectivity index (χ4n) is 2.18. The third-order valence-corrected chi connectivity index (χ3v) is 3.95. The molecule has 0 aliphatic carbocycles. The van der Waals surface area contributed by atoms with Crippen molar-refractivity contribution in [3.8, 4) is 11.4 Å². The molecule has 0 aliphatic heterocycles. The normalized spacial score (nSPS) is 11.9. The first kappa shape index (κ1) is 16.8. The number of hydrogen-bond acceptors (Lipinski definition) is 3. The minimum absolute atomic E-state index is 0.134. The second-order valence-electron chi connectivity index (χ2n) is 4.84. The molecule has 0 saturated heterocycles. The van der Waals surface area contributed by atoms with E-state index in [-0.39, 0.29) is 11.6 Å². The van der Waals surface area contributed by atoms with E-state index in [0.717, 1.165) is 11.1 Å². The molecular weight excluding hydrogens is 311 g/mol. The summed E-state index contributed by atoms with van der Waals surface area (Å²) >= 11 is 1.51. The van der Waals surface area contributed by atoms with Crippen molar-refractivity contribution in [1.29, 1.82) is 0 Å². The Morgan fingerprint density at radius 3 is 2.65 bits per heavy atom. The van der Waals surface area contributed by atoms with Gasteiger partial charge in [-0.3, -0.25) is 9.36 Å². The van der Waals surface area contributed by atoms with Crippen molar-refractivity contribution in [2.75, 3.05) is 0 Å². The van der Waals surface area contributed by atoms with Gasteiger partial charge in [0, 0.05) is 24.1 Å². The molecule has 2 heterocycles. The first-order valence-corrected chi connectivity index (χ1v) is 7.89. The predicted molar refractivity (Wildman–Crippen MR) is 95.9 cm³/mol. The molecule has 3 nitrogen and oxygen atoms in total. The second kappa shape index (κ2) is 7.15. The zero-order valence-corrected chi connectivity index (χ0v) is 13.9. The maximum atomic E-state index is 12.8. The standard InChI is InChI=1S/C18H17FN2OS/c1-5-16-17(13(4)22)20-18(21(16)6-2)15-11-23-10-14(15)9-7-8-12(3)19/h5-11H,1-2H2,3-4H3/b9-7-,12-8+. The second-order valence-corrected chi connectivity index (χ2v) is 5.58. The van der Waals surface area contributed by atoms with Crippen LogP contribution in [-0.4, -0.2) is 15.3 Å². The van der Waals surface area contributed by atoms with Gasteiger partial charge in [0.1, 0.15) is 11.5 Å². The average Bonchev–Trinajstić information content (AvgIpc) is 3.09. The molecule has 23 heavy (non-hydrogen) atoms. The Morgan fingerprint density at radius 2 is 2.09 bits per heavy atom. The Bertz CT molecular complexity index is 820. The van der Waals surface area contributed by atoms with Gasteiger partial charge >= 0.3 is 0 Å². The van der Waals surface area contributed by atoms with E-state index in [1.54, 1.807) is 29.0 Å². The van der Waals surface area contributed by atoms with Gasteiger partial charge in [-0.1, -0.05) is 25.3 Å². The molecule has 0 aliphatic rings. The molecule has 0 spiro atoms. The smallest absolute Gasteiger partial charge is 0.180 e. The van der Waals surface area contributed by atoms with Crippen LogP contribution in [-0.2, 0) is 0 Å². The molecule has 0 aromatic carbocycles. The summed E-state index contributed by atoms with van der Waals surface area (Å²) in [6, 6.07) is 0. The molecule has 0 unspecified atom stereocenters. The number of hydrogen-bond donors (Lipinski definition) is 0. The zero-order valence-electron chi connectivity index (χ0n) is 13.0. The number of carbonyl (C=O) groups excluding carboxylic acids is 1. The molecule has 0 atom stereocenters. The molecule has 2 aromatic heterocycles. The number of nitrogens with zero attached hydrogens (tertiary/aromatic N) is 2. The molecule has 2 rings (SSSR count). The first-order valence-electron chi connectivity index (χ1n) is 6.94. The van der Waals surface area contributed by atoms with E-state index in [1.165, 1.54) is 31.3 Å². The minimum atomic E-state index is -0.265. The van der Waals surface area contributed by atoms with Gasteiger partial charge in [0.2, 0.25) is 0 Å². The Hall–Kier alpha value is -2.53. The van der Waals surface area contributed by atoms with Gasteiger partial charge in [0.05, 0.1) is 11.5 Å². The van der Waals surface area contributed by atoms with Crippen LogP contribution in [0.1, 0.15) is 35.6 Å². The van der Waals surface area contributed by atoms with E-state index >= 15 is 0 Å². The summed E-state index contributed by atoms with van der Waals surface area (Å²) in [7, 11) is 0. The van der Waals surface area contributed by atoms with Crippen molar-refractivity contribution < 1.29 is 9.18 Å². The summed E-state index contributed by atoms with van der Waals surface area (Å²) in [6.45, 7) is 10.4. The van der Waals surface area contributed by atoms with Gasteiger partial charge in [0.15, 0.2) is 5.78 Å². The van der Waals surface area contributed by atoms with Gasteiger partial charge in [-0.2, -0.15) is 11.3 Å². The van der Waals surface area contributed by atoms with Gasteiger partial charge in [-0.05, 0) is 30.0 Å². The van der Waals surface area contributed by atoms with E-state index in [1.807, 2.05) is 10.8 Å². The molecule has 0 radical (unpaired) electrons. The number of halogens is 1. The van der Waals surface area contributed by atoms with Gasteiger partial charge in [0.25, 0.3) is 0 Å². The third kappa shape index (κ3) is 3.46. The SMILES string of the molecule is C=Cc1c(C(C)=O)nc(-c2cscc2/C=C\C=C(/C)F)n1C=C. The van der Waals surface area contributed by atoms with Crippen molar-refractivity contribution in [3.05, 3.63) is 58.8 Å². The van der Waals surface area contributed by atoms with E-state index in [4.69, 9.17) is 0 Å². The van der Waals surface area contributed by atoms with Crippen LogP contribution in [0.5, 0.6) is 0 Å². The van der Waals surface area contributed by atoms with E-state index in [2.05, 4.69) is 18.1 Å². The fourth-order valence-corrected chi connectivity index (χ4v) is 2.97. The lowest BCUT2D eigenvalue weighted by Gasteiger charge is -2.04. The van der Waals surface area contributed by atoms with Crippen molar-refractivity contribution in [2.24, 2.45) is 0 Å². The molecule has 0 bridgehead atoms. The molecule has 0 N–H and O–H groups in total. The number of imidazole rings is 1. The lowest BCUT2D eigenvalue weighted by Crippen LogP contribution is -1.97. The average molecular weight is 328 g/mol. The number of ketones is 1. The zero-order chi connectivity index (χ0) is 17.0. The monoisotopic (exact) mass is 328 g/mol. The summed E-state index contributed by atoms with van der Waals surface area (Å²) in [4.78, 5) is 16.2. The highest BCUT2D eigenvalue weighted by atomic mass is 32.1. The summed E-state index contributed by atoms with van der Waals surface area (Å²) in [5.41, 5.74) is 2.72. The van der Waals surface area contributed by atoms with Crippen LogP contribution < -0.4 is 0 Å². The minimum Gasteiger partial charge on any atom is -0.300 e. The van der Waals surface area contributed by atoms with Crippen molar-refractivity contribution in [3.63, 3.8) is 0 Å². The van der Waals surface area contributed by atoms with Gasteiger partial charge < -0.3 is 0 Å². The number of rotatable bonds is 6. The van der Waals surface area contributed by atoms with Crippen LogP contribution >= 0.6 is 11.3 Å². The highest BCUT2D eigenvalue weighted by molar-refractivity contribution is 7.08. The predicted octanol–water partition coefficient (Wildman–Crippen LogP) is 5.44. The van der Waals surface area contributed by atoms with E-state index < -0.39 is 0 Å². The van der Waals surface area contributed by atoms with Crippen molar-refractivity contribution >= 4 is 35.5 Å². The highest BCUT2D eigenvalue weighted by Gasteiger charge is 2.19. The van der Waals surface area contributed by atoms with Crippen LogP contribution in [0.15, 0.2) is 41.9 Å². The summed E-state index contributed by atoms with van der Waals surface area (Å²) < 4.78 is 14.5. The molecule has 0 saturated carbocycles. The molecular formula is C18H17FN2OS. The summed E-state index contributed by atoms with van der Waals surface area (Å²) in [5.74, 6) is 0.213. The molecule has 2 aromatic rings. The van der Waals surface area contributed by atoms with Crippen LogP contribution in [0.4, 0.5) is 4.39 Å². The molecule has 0 fully saturated rings. The Labute approximate surface area is 138 Å². The van der Waals surface area contributed by atoms with Crippen molar-refractivity contribution in [2.45, 2.75) is 13.8 Å². The number of carbonyl (C=O) groups is 1. The van der Waals surface area contributed by atoms with Crippen LogP contribution in [0, 0.1) is 0 Å². The van der Waals surface area contributed by atoms with E-state index in [0.29, 0.717) is 17.2 Å². The van der Waals surface area contributed by atoms with Crippen LogP contribution in [0.3, 0.4) is 0 Å². The highest BCUT2D eigenvalue weighted by Crippen LogP contribution is 2.30. The number of thiophene rings is 1. The summed E-state index contributed by atoms with van der Waals surface area (Å²) in [6.07, 6.45) is 8.02. The topological polar surface area (TPSA) is 34.9 Å². The summed E-state index contributed by atoms with van der Waals surface area (Å²) in [5, 5.41) is 3.88. The number of aromatic nitrogens is 2. The fraction of sp³-hybridized carbons (Fsp3) is 0.111. The lowest BCUT2D eigenvalue weighted by atomic mass is 10.1.